The Hall–Kier alpha value is -1.69. The minimum atomic E-state index is -0.626. The molecule has 2 heterocycles. The Bertz CT molecular complexity index is 466. The van der Waals surface area contributed by atoms with Gasteiger partial charge in [-0.25, -0.2) is 14.8 Å². The number of hydrogen-bond donors (Lipinski definition) is 0. The Labute approximate surface area is 103 Å². The largest absolute Gasteiger partial charge is 0.464 e. The lowest BCUT2D eigenvalue weighted by atomic mass is 10.3. The van der Waals surface area contributed by atoms with Crippen molar-refractivity contribution < 1.29 is 14.3 Å². The normalized spacial score (nSPS) is 19.5. The quantitative estimate of drug-likeness (QED) is 0.572. The number of aromatic nitrogens is 2. The van der Waals surface area contributed by atoms with Crippen molar-refractivity contribution in [2.75, 3.05) is 18.6 Å². The first-order valence-electron chi connectivity index (χ1n) is 4.97. The van der Waals surface area contributed by atoms with Gasteiger partial charge < -0.3 is 4.74 Å². The summed E-state index contributed by atoms with van der Waals surface area (Å²) >= 11 is 5.89. The van der Waals surface area contributed by atoms with Crippen molar-refractivity contribution >= 4 is 29.3 Å². The van der Waals surface area contributed by atoms with Gasteiger partial charge in [-0.2, -0.15) is 0 Å². The van der Waals surface area contributed by atoms with E-state index in [0.29, 0.717) is 6.54 Å². The van der Waals surface area contributed by atoms with E-state index in [0.717, 1.165) is 0 Å². The molecular weight excluding hydrogens is 246 g/mol. The van der Waals surface area contributed by atoms with E-state index in [1.807, 2.05) is 0 Å². The van der Waals surface area contributed by atoms with Crippen molar-refractivity contribution in [1.82, 2.24) is 9.97 Å². The second-order valence-corrected chi connectivity index (χ2v) is 4.14. The van der Waals surface area contributed by atoms with Gasteiger partial charge in [0.1, 0.15) is 0 Å². The number of nitrogens with zero attached hydrogens (tertiary/aromatic N) is 3. The van der Waals surface area contributed by atoms with Crippen molar-refractivity contribution in [1.29, 1.82) is 0 Å². The summed E-state index contributed by atoms with van der Waals surface area (Å²) in [7, 11) is 1.25. The molecule has 1 amide bonds. The molecule has 1 fully saturated rings. The molecular formula is C10H10ClN3O3. The third-order valence-corrected chi connectivity index (χ3v) is 2.68. The molecule has 0 bridgehead atoms. The molecule has 0 saturated carbocycles. The molecule has 7 heteroatoms. The van der Waals surface area contributed by atoms with Gasteiger partial charge in [0.25, 0.3) is 0 Å². The summed E-state index contributed by atoms with van der Waals surface area (Å²) in [5, 5.41) is -0.269. The highest BCUT2D eigenvalue weighted by molar-refractivity contribution is 6.24. The lowest BCUT2D eigenvalue weighted by Crippen LogP contribution is -2.28. The van der Waals surface area contributed by atoms with E-state index in [1.54, 1.807) is 0 Å². The van der Waals surface area contributed by atoms with Gasteiger partial charge in [0.2, 0.25) is 5.91 Å². The molecule has 0 aromatic carbocycles. The van der Waals surface area contributed by atoms with Crippen LogP contribution in [-0.2, 0) is 9.53 Å². The molecule has 0 N–H and O–H groups in total. The van der Waals surface area contributed by atoms with Crippen LogP contribution < -0.4 is 4.90 Å². The average molecular weight is 256 g/mol. The molecule has 0 aliphatic carbocycles. The number of rotatable bonds is 2. The van der Waals surface area contributed by atoms with Crippen molar-refractivity contribution in [3.05, 3.63) is 18.1 Å². The van der Waals surface area contributed by atoms with Crippen molar-refractivity contribution in [2.24, 2.45) is 0 Å². The number of carbonyl (C=O) groups is 2. The summed E-state index contributed by atoms with van der Waals surface area (Å²) in [6.07, 6.45) is 3.02. The van der Waals surface area contributed by atoms with Crippen LogP contribution in [0.25, 0.3) is 0 Å². The maximum absolute atomic E-state index is 11.7. The molecule has 1 atom stereocenters. The Kier molecular flexibility index (Phi) is 3.23. The number of esters is 1. The number of ether oxygens (including phenoxy) is 1. The molecule has 0 radical (unpaired) electrons. The Morgan fingerprint density at radius 3 is 2.82 bits per heavy atom. The summed E-state index contributed by atoms with van der Waals surface area (Å²) in [5.74, 6) is -0.595. The fourth-order valence-electron chi connectivity index (χ4n) is 1.64. The maximum atomic E-state index is 11.7. The first-order chi connectivity index (χ1) is 8.13. The number of anilines is 1. The highest BCUT2D eigenvalue weighted by Crippen LogP contribution is 2.24. The zero-order valence-electron chi connectivity index (χ0n) is 9.09. The lowest BCUT2D eigenvalue weighted by Gasteiger charge is -2.16. The van der Waals surface area contributed by atoms with Gasteiger partial charge in [0, 0.05) is 25.4 Å². The minimum Gasteiger partial charge on any atom is -0.464 e. The van der Waals surface area contributed by atoms with E-state index < -0.39 is 5.97 Å². The molecule has 90 valence electrons. The minimum absolute atomic E-state index is 0.0223. The monoisotopic (exact) mass is 255 g/mol. The SMILES string of the molecule is COC(=O)c1nccnc1N1CC(Cl)CC1=O. The average Bonchev–Trinajstić information content (AvgIpc) is 2.67. The summed E-state index contributed by atoms with van der Waals surface area (Å²) in [5.41, 5.74) is 0.0223. The predicted octanol–water partition coefficient (Wildman–Crippen LogP) is 0.607. The lowest BCUT2D eigenvalue weighted by molar-refractivity contribution is -0.117. The van der Waals surface area contributed by atoms with E-state index in [4.69, 9.17) is 11.6 Å². The van der Waals surface area contributed by atoms with Crippen molar-refractivity contribution in [3.63, 3.8) is 0 Å². The number of carbonyl (C=O) groups excluding carboxylic acids is 2. The molecule has 1 aliphatic heterocycles. The molecule has 1 aliphatic rings. The Morgan fingerprint density at radius 2 is 2.24 bits per heavy atom. The van der Waals surface area contributed by atoms with Crippen LogP contribution in [0.1, 0.15) is 16.9 Å². The number of amides is 1. The van der Waals surface area contributed by atoms with Crippen molar-refractivity contribution in [3.8, 4) is 0 Å². The van der Waals surface area contributed by atoms with Crippen LogP contribution in [-0.4, -0.2) is 40.9 Å². The standard InChI is InChI=1S/C10H10ClN3O3/c1-17-10(16)8-9(13-3-2-12-8)14-5-6(11)4-7(14)15/h2-3,6H,4-5H2,1H3. The fraction of sp³-hybridized carbons (Fsp3) is 0.400. The second kappa shape index (κ2) is 4.67. The Balaban J connectivity index is 2.38. The van der Waals surface area contributed by atoms with Crippen LogP contribution in [0.2, 0.25) is 0 Å². The van der Waals surface area contributed by atoms with Crippen LogP contribution in [0, 0.1) is 0 Å². The smallest absolute Gasteiger partial charge is 0.360 e. The molecule has 2 rings (SSSR count). The van der Waals surface area contributed by atoms with Gasteiger partial charge in [-0.1, -0.05) is 0 Å². The van der Waals surface area contributed by atoms with Gasteiger partial charge in [0.15, 0.2) is 11.5 Å². The third-order valence-electron chi connectivity index (χ3n) is 2.39. The number of halogens is 1. The molecule has 1 unspecified atom stereocenters. The topological polar surface area (TPSA) is 72.4 Å². The second-order valence-electron chi connectivity index (χ2n) is 3.53. The summed E-state index contributed by atoms with van der Waals surface area (Å²) in [6, 6.07) is 0. The van der Waals surface area contributed by atoms with E-state index in [1.165, 1.54) is 24.4 Å². The van der Waals surface area contributed by atoms with Crippen LogP contribution in [0.5, 0.6) is 0 Å². The molecule has 1 aromatic rings. The van der Waals surface area contributed by atoms with E-state index in [9.17, 15) is 9.59 Å². The zero-order chi connectivity index (χ0) is 12.4. The molecule has 1 aromatic heterocycles. The maximum Gasteiger partial charge on any atom is 0.360 e. The van der Waals surface area contributed by atoms with Crippen LogP contribution in [0.15, 0.2) is 12.4 Å². The van der Waals surface area contributed by atoms with Gasteiger partial charge >= 0.3 is 5.97 Å². The molecule has 0 spiro atoms. The van der Waals surface area contributed by atoms with E-state index in [2.05, 4.69) is 14.7 Å². The summed E-state index contributed by atoms with van der Waals surface area (Å²) < 4.78 is 4.59. The van der Waals surface area contributed by atoms with Crippen LogP contribution >= 0.6 is 11.6 Å². The van der Waals surface area contributed by atoms with Gasteiger partial charge in [-0.3, -0.25) is 9.69 Å². The first-order valence-corrected chi connectivity index (χ1v) is 5.41. The third kappa shape index (κ3) is 2.21. The Morgan fingerprint density at radius 1 is 1.53 bits per heavy atom. The predicted molar refractivity (Wildman–Crippen MR) is 60.0 cm³/mol. The zero-order valence-corrected chi connectivity index (χ0v) is 9.85. The number of alkyl halides is 1. The number of hydrogen-bond acceptors (Lipinski definition) is 5. The van der Waals surface area contributed by atoms with Gasteiger partial charge in [-0.15, -0.1) is 11.6 Å². The fourth-order valence-corrected chi connectivity index (χ4v) is 1.91. The molecule has 1 saturated heterocycles. The van der Waals surface area contributed by atoms with Crippen LogP contribution in [0.3, 0.4) is 0 Å². The highest BCUT2D eigenvalue weighted by atomic mass is 35.5. The molecule has 6 nitrogen and oxygen atoms in total. The summed E-state index contributed by atoms with van der Waals surface area (Å²) in [6.45, 7) is 0.322. The highest BCUT2D eigenvalue weighted by Gasteiger charge is 2.33. The van der Waals surface area contributed by atoms with Crippen molar-refractivity contribution in [2.45, 2.75) is 11.8 Å². The van der Waals surface area contributed by atoms with E-state index >= 15 is 0 Å². The first kappa shape index (κ1) is 11.8. The van der Waals surface area contributed by atoms with E-state index in [-0.39, 0.29) is 29.2 Å². The molecule has 17 heavy (non-hydrogen) atoms. The van der Waals surface area contributed by atoms with Crippen LogP contribution in [0.4, 0.5) is 5.82 Å². The number of methoxy groups -OCH3 is 1. The summed E-state index contributed by atoms with van der Waals surface area (Å²) in [4.78, 5) is 32.4. The van der Waals surface area contributed by atoms with Gasteiger partial charge in [0.05, 0.1) is 12.5 Å². The van der Waals surface area contributed by atoms with Gasteiger partial charge in [-0.05, 0) is 0 Å².